The molecule has 0 aliphatic carbocycles. The second-order valence-corrected chi connectivity index (χ2v) is 7.97. The van der Waals surface area contributed by atoms with E-state index in [9.17, 15) is 18.0 Å². The van der Waals surface area contributed by atoms with Crippen LogP contribution < -0.4 is 4.90 Å². The molecule has 0 bridgehead atoms. The van der Waals surface area contributed by atoms with E-state index in [-0.39, 0.29) is 11.5 Å². The van der Waals surface area contributed by atoms with Gasteiger partial charge in [-0.05, 0) is 43.0 Å². The summed E-state index contributed by atoms with van der Waals surface area (Å²) in [6.45, 7) is -1.51. The summed E-state index contributed by atoms with van der Waals surface area (Å²) in [5.41, 5.74) is 1.22. The lowest BCUT2D eigenvalue weighted by Crippen LogP contribution is -2.35. The highest BCUT2D eigenvalue weighted by molar-refractivity contribution is 6.06. The van der Waals surface area contributed by atoms with Gasteiger partial charge in [0.2, 0.25) is 0 Å². The molecule has 0 N–H and O–H groups in total. The minimum atomic E-state index is -2.78. The Bertz CT molecular complexity index is 1300. The number of aromatic nitrogens is 4. The van der Waals surface area contributed by atoms with Crippen molar-refractivity contribution in [2.45, 2.75) is 25.8 Å². The molecule has 5 rings (SSSR count). The van der Waals surface area contributed by atoms with Crippen molar-refractivity contribution < 1.29 is 18.0 Å². The van der Waals surface area contributed by atoms with Gasteiger partial charge < -0.3 is 9.69 Å². The molecule has 0 saturated carbocycles. The number of rotatable bonds is 5. The summed E-state index contributed by atoms with van der Waals surface area (Å²) < 4.78 is 43.4. The smallest absolute Gasteiger partial charge is 0.320 e. The number of fused-ring (bicyclic) bond motifs is 3. The van der Waals surface area contributed by atoms with E-state index < -0.39 is 12.4 Å². The summed E-state index contributed by atoms with van der Waals surface area (Å²) in [5, 5.41) is 1.14. The molecule has 4 aromatic rings. The molecule has 9 heteroatoms. The first-order valence-electron chi connectivity index (χ1n) is 10.4. The molecule has 5 heterocycles. The van der Waals surface area contributed by atoms with Crippen LogP contribution >= 0.6 is 0 Å². The number of halogens is 3. The normalized spacial score (nSPS) is 15.2. The quantitative estimate of drug-likeness (QED) is 0.410. The fourth-order valence-corrected chi connectivity index (χ4v) is 4.44. The summed E-state index contributed by atoms with van der Waals surface area (Å²) in [7, 11) is 0. The summed E-state index contributed by atoms with van der Waals surface area (Å²) in [4.78, 5) is 25.3. The SMILES string of the molecule is O=CCC1CCN(c2ncc(-c3ccc4c5cnccc5n(C(F)F)c4n3)cc2F)CC1. The maximum absolute atomic E-state index is 14.9. The first-order chi connectivity index (χ1) is 15.6. The molecule has 164 valence electrons. The first-order valence-corrected chi connectivity index (χ1v) is 10.4. The first kappa shape index (κ1) is 20.4. The number of hydrogen-bond donors (Lipinski definition) is 0. The van der Waals surface area contributed by atoms with Gasteiger partial charge in [-0.25, -0.2) is 14.4 Å². The molecule has 1 aliphatic rings. The van der Waals surface area contributed by atoms with Crippen LogP contribution in [0, 0.1) is 11.7 Å². The van der Waals surface area contributed by atoms with Gasteiger partial charge in [-0.1, -0.05) is 0 Å². The third kappa shape index (κ3) is 3.47. The number of aldehydes is 1. The van der Waals surface area contributed by atoms with Crippen molar-refractivity contribution in [1.82, 2.24) is 19.5 Å². The third-order valence-electron chi connectivity index (χ3n) is 6.11. The van der Waals surface area contributed by atoms with Crippen LogP contribution in [0.2, 0.25) is 0 Å². The van der Waals surface area contributed by atoms with Crippen molar-refractivity contribution in [3.05, 3.63) is 48.7 Å². The maximum Gasteiger partial charge on any atom is 0.320 e. The Labute approximate surface area is 181 Å². The molecule has 0 radical (unpaired) electrons. The highest BCUT2D eigenvalue weighted by Crippen LogP contribution is 2.33. The molecule has 1 fully saturated rings. The van der Waals surface area contributed by atoms with Crippen molar-refractivity contribution in [3.63, 3.8) is 0 Å². The van der Waals surface area contributed by atoms with Crippen LogP contribution in [0.3, 0.4) is 0 Å². The second-order valence-electron chi connectivity index (χ2n) is 7.97. The molecular formula is C23H20F3N5O. The molecule has 1 aliphatic heterocycles. The zero-order valence-electron chi connectivity index (χ0n) is 17.1. The highest BCUT2D eigenvalue weighted by Gasteiger charge is 2.23. The molecule has 6 nitrogen and oxygen atoms in total. The zero-order valence-corrected chi connectivity index (χ0v) is 17.1. The minimum Gasteiger partial charge on any atom is -0.354 e. The predicted molar refractivity (Wildman–Crippen MR) is 115 cm³/mol. The van der Waals surface area contributed by atoms with Gasteiger partial charge in [-0.15, -0.1) is 0 Å². The van der Waals surface area contributed by atoms with Crippen molar-refractivity contribution in [1.29, 1.82) is 0 Å². The van der Waals surface area contributed by atoms with E-state index >= 15 is 0 Å². The number of hydrogen-bond acceptors (Lipinski definition) is 5. The fourth-order valence-electron chi connectivity index (χ4n) is 4.44. The second kappa shape index (κ2) is 8.22. The Morgan fingerprint density at radius 1 is 1.12 bits per heavy atom. The Kier molecular flexibility index (Phi) is 5.24. The average molecular weight is 439 g/mol. The lowest BCUT2D eigenvalue weighted by atomic mass is 9.94. The van der Waals surface area contributed by atoms with Crippen molar-refractivity contribution in [2.24, 2.45) is 5.92 Å². The number of piperidine rings is 1. The highest BCUT2D eigenvalue weighted by atomic mass is 19.3. The van der Waals surface area contributed by atoms with Crippen LogP contribution in [0.15, 0.2) is 42.9 Å². The predicted octanol–water partition coefficient (Wildman–Crippen LogP) is 4.99. The van der Waals surface area contributed by atoms with Gasteiger partial charge in [-0.3, -0.25) is 9.55 Å². The van der Waals surface area contributed by atoms with Gasteiger partial charge in [0.25, 0.3) is 0 Å². The van der Waals surface area contributed by atoms with E-state index in [0.29, 0.717) is 53.0 Å². The molecule has 0 amide bonds. The molecule has 0 unspecified atom stereocenters. The number of nitrogens with zero attached hydrogens (tertiary/aromatic N) is 5. The van der Waals surface area contributed by atoms with E-state index in [1.807, 2.05) is 4.90 Å². The van der Waals surface area contributed by atoms with E-state index in [0.717, 1.165) is 23.7 Å². The lowest BCUT2D eigenvalue weighted by molar-refractivity contribution is -0.108. The van der Waals surface area contributed by atoms with Gasteiger partial charge in [0.15, 0.2) is 11.6 Å². The van der Waals surface area contributed by atoms with Crippen LogP contribution in [0.1, 0.15) is 25.8 Å². The van der Waals surface area contributed by atoms with Gasteiger partial charge in [0.05, 0.1) is 11.2 Å². The molecule has 1 saturated heterocycles. The summed E-state index contributed by atoms with van der Waals surface area (Å²) >= 11 is 0. The van der Waals surface area contributed by atoms with Crippen LogP contribution in [0.4, 0.5) is 19.0 Å². The zero-order chi connectivity index (χ0) is 22.2. The summed E-state index contributed by atoms with van der Waals surface area (Å²) in [5.74, 6) is 0.0998. The molecule has 32 heavy (non-hydrogen) atoms. The summed E-state index contributed by atoms with van der Waals surface area (Å²) in [6, 6.07) is 6.23. The molecule has 4 aromatic heterocycles. The number of carbonyl (C=O) groups is 1. The number of alkyl halides is 2. The number of anilines is 1. The standard InChI is InChI=1S/C23H20F3N5O/c24-18-11-15(12-28-22(18)30-8-4-14(5-9-30)6-10-32)19-2-1-16-17-13-27-7-3-20(17)31(23(25)26)21(16)29-19/h1-3,7,10-14,23H,4-6,8-9H2. The fraction of sp³-hybridized carbons (Fsp3) is 0.304. The Hall–Kier alpha value is -3.49. The van der Waals surface area contributed by atoms with Crippen LogP contribution in [0.25, 0.3) is 33.2 Å². The van der Waals surface area contributed by atoms with Crippen molar-refractivity contribution in [2.75, 3.05) is 18.0 Å². The van der Waals surface area contributed by atoms with E-state index in [1.54, 1.807) is 12.1 Å². The van der Waals surface area contributed by atoms with Gasteiger partial charge in [-0.2, -0.15) is 8.78 Å². The molecular weight excluding hydrogens is 419 g/mol. The van der Waals surface area contributed by atoms with Crippen molar-refractivity contribution >= 4 is 34.0 Å². The third-order valence-corrected chi connectivity index (χ3v) is 6.11. The van der Waals surface area contributed by atoms with E-state index in [4.69, 9.17) is 0 Å². The minimum absolute atomic E-state index is 0.113. The monoisotopic (exact) mass is 439 g/mol. The topological polar surface area (TPSA) is 63.9 Å². The average Bonchev–Trinajstić information content (AvgIpc) is 3.14. The number of carbonyl (C=O) groups excluding carboxylic acids is 1. The maximum atomic E-state index is 14.9. The Morgan fingerprint density at radius 3 is 2.66 bits per heavy atom. The van der Waals surface area contributed by atoms with Gasteiger partial charge >= 0.3 is 6.55 Å². The summed E-state index contributed by atoms with van der Waals surface area (Å²) in [6.07, 6.45) is 7.59. The molecule has 0 aromatic carbocycles. The Balaban J connectivity index is 1.49. The largest absolute Gasteiger partial charge is 0.354 e. The molecule has 0 atom stereocenters. The number of pyridine rings is 3. The van der Waals surface area contributed by atoms with Gasteiger partial charge in [0.1, 0.15) is 11.9 Å². The van der Waals surface area contributed by atoms with Crippen LogP contribution in [-0.2, 0) is 4.79 Å². The van der Waals surface area contributed by atoms with E-state index in [1.165, 1.54) is 30.7 Å². The van der Waals surface area contributed by atoms with Gasteiger partial charge in [0, 0.05) is 54.4 Å². The van der Waals surface area contributed by atoms with Crippen LogP contribution in [0.5, 0.6) is 0 Å². The van der Waals surface area contributed by atoms with Crippen LogP contribution in [-0.4, -0.2) is 38.9 Å². The lowest BCUT2D eigenvalue weighted by Gasteiger charge is -2.32. The van der Waals surface area contributed by atoms with E-state index in [2.05, 4.69) is 15.0 Å². The van der Waals surface area contributed by atoms with Crippen molar-refractivity contribution in [3.8, 4) is 11.3 Å². The molecule has 0 spiro atoms. The Morgan fingerprint density at radius 2 is 1.94 bits per heavy atom.